The van der Waals surface area contributed by atoms with Gasteiger partial charge >= 0.3 is 0 Å². The van der Waals surface area contributed by atoms with Crippen LogP contribution in [0, 0.1) is 6.92 Å². The Morgan fingerprint density at radius 1 is 1.47 bits per heavy atom. The van der Waals surface area contributed by atoms with E-state index in [1.165, 1.54) is 6.26 Å². The molecule has 96 valence electrons. The molecule has 0 fully saturated rings. The molecule has 0 radical (unpaired) electrons. The topological polar surface area (TPSA) is 85.1 Å². The SMILES string of the molecule is Cc1cnc(NCC(C)(C)S(C)(=O)=O)c(N)c1. The van der Waals surface area contributed by atoms with E-state index in [2.05, 4.69) is 10.3 Å². The normalized spacial score (nSPS) is 12.5. The third-order valence-corrected chi connectivity index (χ3v) is 4.89. The molecule has 0 aliphatic carbocycles. The van der Waals surface area contributed by atoms with Crippen LogP contribution in [0.2, 0.25) is 0 Å². The van der Waals surface area contributed by atoms with Crippen LogP contribution < -0.4 is 11.1 Å². The van der Waals surface area contributed by atoms with Crippen molar-refractivity contribution in [3.63, 3.8) is 0 Å². The van der Waals surface area contributed by atoms with Crippen LogP contribution in [0.4, 0.5) is 11.5 Å². The Morgan fingerprint density at radius 2 is 2.06 bits per heavy atom. The molecule has 0 amide bonds. The molecule has 0 saturated heterocycles. The number of pyridine rings is 1. The number of sulfone groups is 1. The van der Waals surface area contributed by atoms with Crippen molar-refractivity contribution in [3.05, 3.63) is 17.8 Å². The van der Waals surface area contributed by atoms with Crippen LogP contribution in [0.15, 0.2) is 12.3 Å². The molecule has 0 spiro atoms. The lowest BCUT2D eigenvalue weighted by atomic mass is 10.2. The number of nitrogen functional groups attached to an aromatic ring is 1. The highest BCUT2D eigenvalue weighted by Crippen LogP contribution is 2.19. The summed E-state index contributed by atoms with van der Waals surface area (Å²) in [6.45, 7) is 5.50. The lowest BCUT2D eigenvalue weighted by Crippen LogP contribution is -2.38. The number of hydrogen-bond donors (Lipinski definition) is 2. The summed E-state index contributed by atoms with van der Waals surface area (Å²) in [7, 11) is -3.12. The van der Waals surface area contributed by atoms with Crippen LogP contribution in [0.1, 0.15) is 19.4 Å². The second kappa shape index (κ2) is 4.52. The molecule has 5 nitrogen and oxygen atoms in total. The molecule has 1 aromatic heterocycles. The van der Waals surface area contributed by atoms with E-state index >= 15 is 0 Å². The number of hydrogen-bond acceptors (Lipinski definition) is 5. The van der Waals surface area contributed by atoms with Gasteiger partial charge in [0.2, 0.25) is 0 Å². The van der Waals surface area contributed by atoms with Gasteiger partial charge in [0.1, 0.15) is 5.82 Å². The van der Waals surface area contributed by atoms with Gasteiger partial charge in [-0.05, 0) is 32.4 Å². The van der Waals surface area contributed by atoms with Crippen molar-refractivity contribution in [1.82, 2.24) is 4.98 Å². The number of anilines is 2. The summed E-state index contributed by atoms with van der Waals surface area (Å²) in [6, 6.07) is 1.79. The van der Waals surface area contributed by atoms with E-state index in [0.29, 0.717) is 11.5 Å². The Kier molecular flexibility index (Phi) is 3.66. The minimum absolute atomic E-state index is 0.270. The molecule has 0 unspecified atom stereocenters. The third kappa shape index (κ3) is 3.33. The number of rotatable bonds is 4. The summed E-state index contributed by atoms with van der Waals surface area (Å²) in [6.07, 6.45) is 2.91. The quantitative estimate of drug-likeness (QED) is 0.846. The highest BCUT2D eigenvalue weighted by Gasteiger charge is 2.30. The largest absolute Gasteiger partial charge is 0.396 e. The van der Waals surface area contributed by atoms with Gasteiger partial charge < -0.3 is 11.1 Å². The first-order valence-corrected chi connectivity index (χ1v) is 7.18. The number of nitrogens with one attached hydrogen (secondary N) is 1. The van der Waals surface area contributed by atoms with Gasteiger partial charge in [0, 0.05) is 19.0 Å². The molecular formula is C11H19N3O2S. The van der Waals surface area contributed by atoms with Crippen LogP contribution in [-0.2, 0) is 9.84 Å². The molecule has 0 aliphatic heterocycles. The summed E-state index contributed by atoms with van der Waals surface area (Å²) in [5.74, 6) is 0.521. The zero-order chi connectivity index (χ0) is 13.3. The fraction of sp³-hybridized carbons (Fsp3) is 0.545. The predicted octanol–water partition coefficient (Wildman–Crippen LogP) is 1.21. The average Bonchev–Trinajstić information content (AvgIpc) is 2.14. The summed E-state index contributed by atoms with van der Waals surface area (Å²) >= 11 is 0. The number of nitrogens with zero attached hydrogens (tertiary/aromatic N) is 1. The number of aryl methyl sites for hydroxylation is 1. The van der Waals surface area contributed by atoms with Gasteiger partial charge in [-0.1, -0.05) is 0 Å². The maximum Gasteiger partial charge on any atom is 0.154 e. The van der Waals surface area contributed by atoms with E-state index in [1.54, 1.807) is 26.1 Å². The van der Waals surface area contributed by atoms with E-state index in [-0.39, 0.29) is 6.54 Å². The maximum absolute atomic E-state index is 11.5. The van der Waals surface area contributed by atoms with Gasteiger partial charge in [0.25, 0.3) is 0 Å². The molecule has 3 N–H and O–H groups in total. The van der Waals surface area contributed by atoms with Crippen molar-refractivity contribution in [2.75, 3.05) is 23.9 Å². The van der Waals surface area contributed by atoms with Gasteiger partial charge in [-0.25, -0.2) is 13.4 Å². The Hall–Kier alpha value is -1.30. The predicted molar refractivity (Wildman–Crippen MR) is 70.8 cm³/mol. The zero-order valence-corrected chi connectivity index (χ0v) is 11.4. The summed E-state index contributed by atoms with van der Waals surface area (Å²) in [5, 5.41) is 2.97. The van der Waals surface area contributed by atoms with Gasteiger partial charge in [0.05, 0.1) is 10.4 Å². The molecule has 0 bridgehead atoms. The van der Waals surface area contributed by atoms with Crippen molar-refractivity contribution < 1.29 is 8.42 Å². The van der Waals surface area contributed by atoms with E-state index in [1.807, 2.05) is 6.92 Å². The minimum Gasteiger partial charge on any atom is -0.396 e. The Balaban J connectivity index is 2.81. The molecule has 0 aliphatic rings. The summed E-state index contributed by atoms with van der Waals surface area (Å²) in [4.78, 5) is 4.13. The van der Waals surface area contributed by atoms with E-state index in [4.69, 9.17) is 5.73 Å². The Morgan fingerprint density at radius 3 is 2.53 bits per heavy atom. The molecule has 17 heavy (non-hydrogen) atoms. The molecule has 0 atom stereocenters. The minimum atomic E-state index is -3.12. The first-order chi connectivity index (χ1) is 7.63. The van der Waals surface area contributed by atoms with Crippen LogP contribution in [0.5, 0.6) is 0 Å². The zero-order valence-electron chi connectivity index (χ0n) is 10.6. The molecule has 1 heterocycles. The van der Waals surface area contributed by atoms with E-state index in [0.717, 1.165) is 5.56 Å². The van der Waals surface area contributed by atoms with Crippen molar-refractivity contribution in [1.29, 1.82) is 0 Å². The van der Waals surface area contributed by atoms with Gasteiger partial charge in [-0.3, -0.25) is 0 Å². The van der Waals surface area contributed by atoms with Crippen molar-refractivity contribution in [3.8, 4) is 0 Å². The van der Waals surface area contributed by atoms with Crippen LogP contribution in [-0.4, -0.2) is 30.9 Å². The second-order valence-corrected chi connectivity index (χ2v) is 7.49. The summed E-state index contributed by atoms with van der Waals surface area (Å²) in [5.41, 5.74) is 7.28. The van der Waals surface area contributed by atoms with Gasteiger partial charge in [-0.2, -0.15) is 0 Å². The number of nitrogens with two attached hydrogens (primary N) is 1. The van der Waals surface area contributed by atoms with E-state index in [9.17, 15) is 8.42 Å². The maximum atomic E-state index is 11.5. The average molecular weight is 257 g/mol. The van der Waals surface area contributed by atoms with Gasteiger partial charge in [-0.15, -0.1) is 0 Å². The standard InChI is InChI=1S/C11H19N3O2S/c1-8-5-9(12)10(13-6-8)14-7-11(2,3)17(4,15)16/h5-6H,7,12H2,1-4H3,(H,13,14). The Labute approximate surface area is 102 Å². The molecule has 1 aromatic rings. The molecule has 0 saturated carbocycles. The molecular weight excluding hydrogens is 238 g/mol. The highest BCUT2D eigenvalue weighted by atomic mass is 32.2. The fourth-order valence-corrected chi connectivity index (χ4v) is 1.50. The van der Waals surface area contributed by atoms with Crippen molar-refractivity contribution in [2.45, 2.75) is 25.5 Å². The van der Waals surface area contributed by atoms with Crippen molar-refractivity contribution in [2.24, 2.45) is 0 Å². The van der Waals surface area contributed by atoms with E-state index < -0.39 is 14.6 Å². The van der Waals surface area contributed by atoms with Crippen LogP contribution in [0.3, 0.4) is 0 Å². The highest BCUT2D eigenvalue weighted by molar-refractivity contribution is 7.92. The molecule has 0 aromatic carbocycles. The molecule has 1 rings (SSSR count). The van der Waals surface area contributed by atoms with Crippen LogP contribution in [0.25, 0.3) is 0 Å². The molecule has 6 heteroatoms. The second-order valence-electron chi connectivity index (χ2n) is 4.84. The monoisotopic (exact) mass is 257 g/mol. The fourth-order valence-electron chi connectivity index (χ4n) is 1.17. The first-order valence-electron chi connectivity index (χ1n) is 5.29. The van der Waals surface area contributed by atoms with Gasteiger partial charge in [0.15, 0.2) is 9.84 Å². The van der Waals surface area contributed by atoms with Crippen molar-refractivity contribution >= 4 is 21.3 Å². The lowest BCUT2D eigenvalue weighted by molar-refractivity contribution is 0.559. The smallest absolute Gasteiger partial charge is 0.154 e. The number of aromatic nitrogens is 1. The summed E-state index contributed by atoms with van der Waals surface area (Å²) < 4.78 is 22.2. The first kappa shape index (κ1) is 13.8. The van der Waals surface area contributed by atoms with Crippen LogP contribution >= 0.6 is 0 Å². The Bertz CT molecular complexity index is 509. The third-order valence-electron chi connectivity index (χ3n) is 2.74. The lowest BCUT2D eigenvalue weighted by Gasteiger charge is -2.23.